The van der Waals surface area contributed by atoms with Gasteiger partial charge in [0.1, 0.15) is 17.5 Å². The zero-order valence-electron chi connectivity index (χ0n) is 12.3. The second-order valence-electron chi connectivity index (χ2n) is 5.46. The Balaban J connectivity index is 1.76. The molecule has 0 radical (unpaired) electrons. The molecule has 1 aliphatic heterocycles. The maximum atomic E-state index is 12.7. The number of benzene rings is 1. The third kappa shape index (κ3) is 2.83. The molecular weight excluding hydrogens is 266 g/mol. The molecule has 1 aromatic carbocycles. The summed E-state index contributed by atoms with van der Waals surface area (Å²) in [6.07, 6.45) is 0.964. The summed E-state index contributed by atoms with van der Waals surface area (Å²) in [4.78, 5) is 14.4. The van der Waals surface area contributed by atoms with Crippen LogP contribution in [-0.4, -0.2) is 29.6 Å². The summed E-state index contributed by atoms with van der Waals surface area (Å²) in [6, 6.07) is 9.70. The van der Waals surface area contributed by atoms with Gasteiger partial charge in [0.25, 0.3) is 0 Å². The third-order valence-electron chi connectivity index (χ3n) is 3.81. The number of likely N-dealkylation sites (N-methyl/N-ethyl adjacent to an activating group) is 1. The fraction of sp³-hybridized carbons (Fsp3) is 0.375. The molecule has 1 aliphatic rings. The number of nitrogens with zero attached hydrogens (tertiary/aromatic N) is 2. The maximum Gasteiger partial charge on any atom is 0.244 e. The van der Waals surface area contributed by atoms with Gasteiger partial charge in [-0.05, 0) is 24.5 Å². The number of aromatic nitrogens is 1. The van der Waals surface area contributed by atoms with E-state index in [1.807, 2.05) is 31.2 Å². The second kappa shape index (κ2) is 5.69. The summed E-state index contributed by atoms with van der Waals surface area (Å²) in [5.41, 5.74) is 3.10. The Morgan fingerprint density at radius 1 is 1.48 bits per heavy atom. The molecule has 110 valence electrons. The predicted molar refractivity (Wildman–Crippen MR) is 78.6 cm³/mol. The van der Waals surface area contributed by atoms with Crippen LogP contribution in [0.15, 0.2) is 34.9 Å². The van der Waals surface area contributed by atoms with Gasteiger partial charge in [-0.15, -0.1) is 0 Å². The highest BCUT2D eigenvalue weighted by Crippen LogP contribution is 2.24. The molecule has 3 rings (SSSR count). The molecule has 21 heavy (non-hydrogen) atoms. The quantitative estimate of drug-likeness (QED) is 0.934. The Bertz CT molecular complexity index is 650. The van der Waals surface area contributed by atoms with Gasteiger partial charge >= 0.3 is 0 Å². The molecule has 5 heteroatoms. The average molecular weight is 285 g/mol. The summed E-state index contributed by atoms with van der Waals surface area (Å²) in [6.45, 7) is 3.12. The Hall–Kier alpha value is -2.14. The van der Waals surface area contributed by atoms with Gasteiger partial charge in [0.05, 0.1) is 6.54 Å². The molecule has 2 aromatic rings. The second-order valence-corrected chi connectivity index (χ2v) is 5.46. The SMILES string of the molecule is Cc1cc(CN(C)C(=O)C2NCCc3ccccc32)no1. The molecule has 0 fully saturated rings. The Morgan fingerprint density at radius 3 is 3.05 bits per heavy atom. The van der Waals surface area contributed by atoms with Crippen LogP contribution in [0.2, 0.25) is 0 Å². The number of hydrogen-bond acceptors (Lipinski definition) is 4. The molecule has 0 saturated heterocycles. The number of aryl methyl sites for hydroxylation is 1. The maximum absolute atomic E-state index is 12.7. The van der Waals surface area contributed by atoms with E-state index < -0.39 is 0 Å². The first-order valence-corrected chi connectivity index (χ1v) is 7.13. The molecule has 1 atom stereocenters. The van der Waals surface area contributed by atoms with Crippen LogP contribution in [0.5, 0.6) is 0 Å². The highest BCUT2D eigenvalue weighted by Gasteiger charge is 2.28. The van der Waals surface area contributed by atoms with E-state index in [-0.39, 0.29) is 11.9 Å². The zero-order valence-corrected chi connectivity index (χ0v) is 12.3. The van der Waals surface area contributed by atoms with Crippen LogP contribution in [0, 0.1) is 6.92 Å². The first-order chi connectivity index (χ1) is 10.1. The van der Waals surface area contributed by atoms with Crippen molar-refractivity contribution in [1.82, 2.24) is 15.4 Å². The molecule has 1 amide bonds. The molecule has 5 nitrogen and oxygen atoms in total. The Labute approximate surface area is 123 Å². The number of hydrogen-bond donors (Lipinski definition) is 1. The van der Waals surface area contributed by atoms with E-state index in [0.717, 1.165) is 30.0 Å². The lowest BCUT2D eigenvalue weighted by Gasteiger charge is -2.29. The average Bonchev–Trinajstić information content (AvgIpc) is 2.91. The van der Waals surface area contributed by atoms with E-state index >= 15 is 0 Å². The summed E-state index contributed by atoms with van der Waals surface area (Å²) < 4.78 is 5.04. The fourth-order valence-electron chi connectivity index (χ4n) is 2.76. The van der Waals surface area contributed by atoms with E-state index in [4.69, 9.17) is 4.52 Å². The van der Waals surface area contributed by atoms with Crippen molar-refractivity contribution >= 4 is 5.91 Å². The van der Waals surface area contributed by atoms with E-state index in [9.17, 15) is 4.79 Å². The lowest BCUT2D eigenvalue weighted by Crippen LogP contribution is -2.42. The number of nitrogens with one attached hydrogen (secondary N) is 1. The summed E-state index contributed by atoms with van der Waals surface area (Å²) in [5.74, 6) is 0.815. The number of carbonyl (C=O) groups is 1. The first kappa shape index (κ1) is 13.8. The van der Waals surface area contributed by atoms with Crippen LogP contribution in [0.4, 0.5) is 0 Å². The normalized spacial score (nSPS) is 17.3. The van der Waals surface area contributed by atoms with Crippen LogP contribution in [0.1, 0.15) is 28.6 Å². The van der Waals surface area contributed by atoms with E-state index in [2.05, 4.69) is 16.5 Å². The van der Waals surface area contributed by atoms with Crippen LogP contribution >= 0.6 is 0 Å². The van der Waals surface area contributed by atoms with Gasteiger partial charge in [-0.2, -0.15) is 0 Å². The fourth-order valence-corrected chi connectivity index (χ4v) is 2.76. The molecule has 1 N–H and O–H groups in total. The highest BCUT2D eigenvalue weighted by atomic mass is 16.5. The van der Waals surface area contributed by atoms with Gasteiger partial charge < -0.3 is 14.7 Å². The van der Waals surface area contributed by atoms with E-state index in [0.29, 0.717) is 6.54 Å². The number of rotatable bonds is 3. The van der Waals surface area contributed by atoms with Gasteiger partial charge in [0, 0.05) is 19.7 Å². The molecular formula is C16H19N3O2. The van der Waals surface area contributed by atoms with Gasteiger partial charge in [-0.3, -0.25) is 4.79 Å². The molecule has 0 spiro atoms. The number of fused-ring (bicyclic) bond motifs is 1. The topological polar surface area (TPSA) is 58.4 Å². The first-order valence-electron chi connectivity index (χ1n) is 7.13. The van der Waals surface area contributed by atoms with Crippen molar-refractivity contribution in [2.24, 2.45) is 0 Å². The molecule has 0 bridgehead atoms. The monoisotopic (exact) mass is 285 g/mol. The van der Waals surface area contributed by atoms with Crippen LogP contribution < -0.4 is 5.32 Å². The van der Waals surface area contributed by atoms with Crippen molar-refractivity contribution in [3.8, 4) is 0 Å². The number of carbonyl (C=O) groups excluding carboxylic acids is 1. The van der Waals surface area contributed by atoms with Gasteiger partial charge in [0.2, 0.25) is 5.91 Å². The third-order valence-corrected chi connectivity index (χ3v) is 3.81. The van der Waals surface area contributed by atoms with Crippen molar-refractivity contribution in [3.05, 3.63) is 52.9 Å². The van der Waals surface area contributed by atoms with Crippen molar-refractivity contribution in [1.29, 1.82) is 0 Å². The Kier molecular flexibility index (Phi) is 3.75. The molecule has 0 saturated carbocycles. The van der Waals surface area contributed by atoms with E-state index in [1.165, 1.54) is 5.56 Å². The van der Waals surface area contributed by atoms with Gasteiger partial charge in [-0.25, -0.2) is 0 Å². The van der Waals surface area contributed by atoms with Crippen molar-refractivity contribution in [2.45, 2.75) is 25.9 Å². The summed E-state index contributed by atoms with van der Waals surface area (Å²) >= 11 is 0. The minimum absolute atomic E-state index is 0.0582. The van der Waals surface area contributed by atoms with Crippen LogP contribution in [-0.2, 0) is 17.8 Å². The molecule has 1 aromatic heterocycles. The van der Waals surface area contributed by atoms with E-state index in [1.54, 1.807) is 11.9 Å². The largest absolute Gasteiger partial charge is 0.361 e. The lowest BCUT2D eigenvalue weighted by molar-refractivity contribution is -0.133. The van der Waals surface area contributed by atoms with Crippen LogP contribution in [0.3, 0.4) is 0 Å². The summed E-state index contributed by atoms with van der Waals surface area (Å²) in [7, 11) is 1.80. The molecule has 0 aliphatic carbocycles. The minimum Gasteiger partial charge on any atom is -0.361 e. The molecule has 1 unspecified atom stereocenters. The smallest absolute Gasteiger partial charge is 0.244 e. The number of amides is 1. The minimum atomic E-state index is -0.270. The lowest BCUT2D eigenvalue weighted by atomic mass is 9.93. The zero-order chi connectivity index (χ0) is 14.8. The van der Waals surface area contributed by atoms with Crippen molar-refractivity contribution in [2.75, 3.05) is 13.6 Å². The molecule has 2 heterocycles. The van der Waals surface area contributed by atoms with Gasteiger partial charge in [0.15, 0.2) is 0 Å². The van der Waals surface area contributed by atoms with Gasteiger partial charge in [-0.1, -0.05) is 29.4 Å². The predicted octanol–water partition coefficient (Wildman–Crippen LogP) is 1.83. The summed E-state index contributed by atoms with van der Waals surface area (Å²) in [5, 5.41) is 7.25. The standard InChI is InChI=1S/C16H19N3O2/c1-11-9-13(18-21-11)10-19(2)16(20)15-14-6-4-3-5-12(14)7-8-17-15/h3-6,9,15,17H,7-8,10H2,1-2H3. The van der Waals surface area contributed by atoms with Crippen molar-refractivity contribution < 1.29 is 9.32 Å². The van der Waals surface area contributed by atoms with Crippen molar-refractivity contribution in [3.63, 3.8) is 0 Å². The van der Waals surface area contributed by atoms with Crippen LogP contribution in [0.25, 0.3) is 0 Å². The highest BCUT2D eigenvalue weighted by molar-refractivity contribution is 5.83. The Morgan fingerprint density at radius 2 is 2.29 bits per heavy atom.